The van der Waals surface area contributed by atoms with Gasteiger partial charge in [0.1, 0.15) is 5.75 Å². The van der Waals surface area contributed by atoms with Crippen molar-refractivity contribution in [3.63, 3.8) is 0 Å². The van der Waals surface area contributed by atoms with Crippen LogP contribution in [0.5, 0.6) is 5.75 Å². The van der Waals surface area contributed by atoms with Gasteiger partial charge in [-0.15, -0.1) is 0 Å². The fraction of sp³-hybridized carbons (Fsp3) is 0.333. The standard InChI is InChI=1S/C24H29N3O5S/c1-24(2,3)20-15-19(27-13-12-21(28)25-23(27)29)14-17(22(20)32-4)9-6-16-7-10-18(11-8-16)26-33(5,30)31/h6-11,14-15,26H,12-13H2,1-5H3,(H,25,28,29)/b9-6+. The molecule has 0 radical (unpaired) electrons. The minimum Gasteiger partial charge on any atom is -0.496 e. The fourth-order valence-electron chi connectivity index (χ4n) is 3.57. The summed E-state index contributed by atoms with van der Waals surface area (Å²) in [5.41, 5.74) is 3.47. The predicted molar refractivity (Wildman–Crippen MR) is 131 cm³/mol. The minimum atomic E-state index is -3.34. The summed E-state index contributed by atoms with van der Waals surface area (Å²) in [7, 11) is -1.73. The van der Waals surface area contributed by atoms with Gasteiger partial charge >= 0.3 is 6.03 Å². The molecule has 1 aliphatic heterocycles. The Morgan fingerprint density at radius 1 is 1.09 bits per heavy atom. The Morgan fingerprint density at radius 3 is 2.30 bits per heavy atom. The highest BCUT2D eigenvalue weighted by Gasteiger charge is 2.28. The van der Waals surface area contributed by atoms with Gasteiger partial charge in [-0.2, -0.15) is 0 Å². The van der Waals surface area contributed by atoms with Crippen LogP contribution in [0.4, 0.5) is 16.2 Å². The smallest absolute Gasteiger partial charge is 0.328 e. The van der Waals surface area contributed by atoms with Crippen molar-refractivity contribution in [2.45, 2.75) is 32.6 Å². The van der Waals surface area contributed by atoms with Gasteiger partial charge in [-0.3, -0.25) is 19.7 Å². The van der Waals surface area contributed by atoms with Crippen molar-refractivity contribution in [1.82, 2.24) is 5.32 Å². The Kier molecular flexibility index (Phi) is 6.83. The molecule has 0 bridgehead atoms. The zero-order chi connectivity index (χ0) is 24.4. The number of urea groups is 1. The molecule has 3 amide bonds. The van der Waals surface area contributed by atoms with Gasteiger partial charge in [0.15, 0.2) is 0 Å². The maximum absolute atomic E-state index is 12.4. The molecule has 1 saturated heterocycles. The number of nitrogens with one attached hydrogen (secondary N) is 2. The van der Waals surface area contributed by atoms with E-state index in [4.69, 9.17) is 4.74 Å². The van der Waals surface area contributed by atoms with E-state index in [1.807, 2.05) is 24.3 Å². The minimum absolute atomic E-state index is 0.238. The average molecular weight is 472 g/mol. The molecule has 0 aromatic heterocycles. The van der Waals surface area contributed by atoms with Crippen molar-refractivity contribution < 1.29 is 22.7 Å². The zero-order valence-corrected chi connectivity index (χ0v) is 20.2. The van der Waals surface area contributed by atoms with Crippen molar-refractivity contribution in [1.29, 1.82) is 0 Å². The predicted octanol–water partition coefficient (Wildman–Crippen LogP) is 3.98. The maximum atomic E-state index is 12.4. The number of hydrogen-bond acceptors (Lipinski definition) is 5. The number of rotatable bonds is 6. The Hall–Kier alpha value is -3.33. The normalized spacial score (nSPS) is 15.0. The van der Waals surface area contributed by atoms with Gasteiger partial charge in [0.2, 0.25) is 15.9 Å². The van der Waals surface area contributed by atoms with Gasteiger partial charge in [0.05, 0.1) is 13.4 Å². The third kappa shape index (κ3) is 6.13. The van der Waals surface area contributed by atoms with Crippen molar-refractivity contribution in [2.75, 3.05) is 29.5 Å². The molecule has 9 heteroatoms. The van der Waals surface area contributed by atoms with Gasteiger partial charge in [0.25, 0.3) is 0 Å². The summed E-state index contributed by atoms with van der Waals surface area (Å²) >= 11 is 0. The lowest BCUT2D eigenvalue weighted by Crippen LogP contribution is -2.49. The topological polar surface area (TPSA) is 105 Å². The van der Waals surface area contributed by atoms with E-state index in [9.17, 15) is 18.0 Å². The SMILES string of the molecule is COc1c(/C=C/c2ccc(NS(C)(=O)=O)cc2)cc(N2CCC(=O)NC2=O)cc1C(C)(C)C. The number of carbonyl (C=O) groups is 2. The second kappa shape index (κ2) is 9.27. The lowest BCUT2D eigenvalue weighted by atomic mass is 9.84. The van der Waals surface area contributed by atoms with Gasteiger partial charge in [-0.05, 0) is 35.2 Å². The molecule has 1 aliphatic rings. The molecule has 33 heavy (non-hydrogen) atoms. The number of benzene rings is 2. The van der Waals surface area contributed by atoms with Gasteiger partial charge in [-0.25, -0.2) is 13.2 Å². The number of sulfonamides is 1. The summed E-state index contributed by atoms with van der Waals surface area (Å²) in [6.45, 7) is 6.50. The summed E-state index contributed by atoms with van der Waals surface area (Å²) in [6, 6.07) is 10.3. The molecule has 2 aromatic carbocycles. The van der Waals surface area contributed by atoms with E-state index < -0.39 is 16.1 Å². The molecule has 0 aliphatic carbocycles. The van der Waals surface area contributed by atoms with Crippen LogP contribution in [0.25, 0.3) is 12.2 Å². The summed E-state index contributed by atoms with van der Waals surface area (Å²) in [4.78, 5) is 25.6. The van der Waals surface area contributed by atoms with Crippen molar-refractivity contribution >= 4 is 45.5 Å². The molecule has 0 spiro atoms. The monoisotopic (exact) mass is 471 g/mol. The Bertz CT molecular complexity index is 1200. The highest BCUT2D eigenvalue weighted by Crippen LogP contribution is 2.39. The summed E-state index contributed by atoms with van der Waals surface area (Å²) in [5.74, 6) is 0.418. The van der Waals surface area contributed by atoms with Crippen molar-refractivity contribution in [3.8, 4) is 5.75 Å². The van der Waals surface area contributed by atoms with Gasteiger partial charge in [0, 0.05) is 35.5 Å². The lowest BCUT2D eigenvalue weighted by molar-refractivity contribution is -0.120. The molecule has 0 saturated carbocycles. The number of carbonyl (C=O) groups excluding carboxylic acids is 2. The molecule has 2 N–H and O–H groups in total. The van der Waals surface area contributed by atoms with Crippen LogP contribution in [0.3, 0.4) is 0 Å². The van der Waals surface area contributed by atoms with Crippen LogP contribution in [0.1, 0.15) is 43.9 Å². The number of methoxy groups -OCH3 is 1. The fourth-order valence-corrected chi connectivity index (χ4v) is 4.14. The van der Waals surface area contributed by atoms with Crippen molar-refractivity contribution in [3.05, 3.63) is 53.1 Å². The zero-order valence-electron chi connectivity index (χ0n) is 19.4. The van der Waals surface area contributed by atoms with E-state index in [0.29, 0.717) is 23.7 Å². The van der Waals surface area contributed by atoms with E-state index in [-0.39, 0.29) is 17.7 Å². The third-order valence-corrected chi connectivity index (χ3v) is 5.76. The Labute approximate surface area is 194 Å². The lowest BCUT2D eigenvalue weighted by Gasteiger charge is -2.30. The molecule has 176 valence electrons. The molecular formula is C24H29N3O5S. The Morgan fingerprint density at radius 2 is 1.76 bits per heavy atom. The van der Waals surface area contributed by atoms with E-state index >= 15 is 0 Å². The number of amides is 3. The molecular weight excluding hydrogens is 442 g/mol. The van der Waals surface area contributed by atoms with Gasteiger partial charge in [-0.1, -0.05) is 45.1 Å². The number of hydrogen-bond donors (Lipinski definition) is 2. The van der Waals surface area contributed by atoms with Gasteiger partial charge < -0.3 is 4.74 Å². The summed E-state index contributed by atoms with van der Waals surface area (Å²) < 4.78 is 31.0. The molecule has 1 heterocycles. The van der Waals surface area contributed by atoms with Crippen LogP contribution in [-0.2, 0) is 20.2 Å². The largest absolute Gasteiger partial charge is 0.496 e. The number of anilines is 2. The molecule has 1 fully saturated rings. The van der Waals surface area contributed by atoms with E-state index in [0.717, 1.165) is 22.9 Å². The van der Waals surface area contributed by atoms with Crippen LogP contribution in [0.2, 0.25) is 0 Å². The molecule has 8 nitrogen and oxygen atoms in total. The molecule has 0 unspecified atom stereocenters. The molecule has 3 rings (SSSR count). The average Bonchev–Trinajstić information content (AvgIpc) is 2.71. The van der Waals surface area contributed by atoms with E-state index in [2.05, 4.69) is 30.8 Å². The van der Waals surface area contributed by atoms with Crippen LogP contribution >= 0.6 is 0 Å². The quantitative estimate of drug-likeness (QED) is 0.620. The second-order valence-corrected chi connectivity index (χ2v) is 10.7. The molecule has 2 aromatic rings. The van der Waals surface area contributed by atoms with Crippen LogP contribution in [0.15, 0.2) is 36.4 Å². The third-order valence-electron chi connectivity index (χ3n) is 5.15. The number of nitrogens with zero attached hydrogens (tertiary/aromatic N) is 1. The highest BCUT2D eigenvalue weighted by molar-refractivity contribution is 7.92. The first-order valence-corrected chi connectivity index (χ1v) is 12.4. The van der Waals surface area contributed by atoms with Crippen LogP contribution < -0.4 is 19.7 Å². The maximum Gasteiger partial charge on any atom is 0.328 e. The van der Waals surface area contributed by atoms with E-state index in [1.54, 1.807) is 36.3 Å². The number of ether oxygens (including phenoxy) is 1. The second-order valence-electron chi connectivity index (χ2n) is 8.95. The van der Waals surface area contributed by atoms with Crippen LogP contribution in [-0.4, -0.2) is 40.3 Å². The van der Waals surface area contributed by atoms with Crippen molar-refractivity contribution in [2.24, 2.45) is 0 Å². The first-order chi connectivity index (χ1) is 15.4. The summed E-state index contributed by atoms with van der Waals surface area (Å²) in [5, 5.41) is 2.36. The first kappa shape index (κ1) is 24.3. The Balaban J connectivity index is 2.01. The first-order valence-electron chi connectivity index (χ1n) is 10.5. The van der Waals surface area contributed by atoms with Crippen LogP contribution in [0, 0.1) is 0 Å². The van der Waals surface area contributed by atoms with E-state index in [1.165, 1.54) is 0 Å². The molecule has 0 atom stereocenters. The number of imide groups is 1. The highest BCUT2D eigenvalue weighted by atomic mass is 32.2. The summed E-state index contributed by atoms with van der Waals surface area (Å²) in [6.07, 6.45) is 5.12.